The van der Waals surface area contributed by atoms with Gasteiger partial charge in [-0.25, -0.2) is 0 Å². The predicted molar refractivity (Wildman–Crippen MR) is 47.9 cm³/mol. The van der Waals surface area contributed by atoms with Crippen LogP contribution in [0, 0.1) is 5.41 Å². The molecule has 0 bridgehead atoms. The number of imide groups is 1. The molecule has 3 nitrogen and oxygen atoms in total. The normalized spacial score (nSPS) is 27.4. The third kappa shape index (κ3) is 1.47. The zero-order chi connectivity index (χ0) is 9.31. The summed E-state index contributed by atoms with van der Waals surface area (Å²) >= 11 is 0. The highest BCUT2D eigenvalue weighted by Crippen LogP contribution is 2.41. The molecule has 1 N–H and O–H groups in total. The second-order valence-electron chi connectivity index (χ2n) is 4.22. The fraction of sp³-hybridized carbons (Fsp3) is 0.800. The van der Waals surface area contributed by atoms with E-state index in [-0.39, 0.29) is 17.2 Å². The summed E-state index contributed by atoms with van der Waals surface area (Å²) in [6.07, 6.45) is 6.79. The van der Waals surface area contributed by atoms with Crippen LogP contribution < -0.4 is 5.32 Å². The average molecular weight is 181 g/mol. The van der Waals surface area contributed by atoms with E-state index in [9.17, 15) is 9.59 Å². The molecule has 1 aliphatic heterocycles. The van der Waals surface area contributed by atoms with E-state index in [1.807, 2.05) is 0 Å². The van der Waals surface area contributed by atoms with Crippen molar-refractivity contribution in [2.24, 2.45) is 5.41 Å². The van der Waals surface area contributed by atoms with Gasteiger partial charge in [0, 0.05) is 6.42 Å². The molecule has 0 aromatic carbocycles. The molecule has 2 amide bonds. The smallest absolute Gasteiger partial charge is 0.232 e. The minimum absolute atomic E-state index is 0.0107. The molecule has 1 saturated heterocycles. The van der Waals surface area contributed by atoms with Gasteiger partial charge in [0.1, 0.15) is 0 Å². The molecule has 0 unspecified atom stereocenters. The van der Waals surface area contributed by atoms with Crippen LogP contribution in [0.2, 0.25) is 0 Å². The Bertz CT molecular complexity index is 241. The summed E-state index contributed by atoms with van der Waals surface area (Å²) < 4.78 is 0. The van der Waals surface area contributed by atoms with E-state index in [2.05, 4.69) is 5.32 Å². The first kappa shape index (κ1) is 8.73. The van der Waals surface area contributed by atoms with Crippen LogP contribution in [0.3, 0.4) is 0 Å². The molecule has 1 spiro atoms. The Kier molecular flexibility index (Phi) is 2.10. The second-order valence-corrected chi connectivity index (χ2v) is 4.22. The van der Waals surface area contributed by atoms with E-state index < -0.39 is 0 Å². The zero-order valence-corrected chi connectivity index (χ0v) is 7.77. The average Bonchev–Trinajstić information content (AvgIpc) is 2.14. The highest BCUT2D eigenvalue weighted by atomic mass is 16.2. The maximum absolute atomic E-state index is 11.6. The van der Waals surface area contributed by atoms with E-state index in [0.29, 0.717) is 6.42 Å². The third-order valence-corrected chi connectivity index (χ3v) is 3.38. The Morgan fingerprint density at radius 2 is 1.69 bits per heavy atom. The fourth-order valence-corrected chi connectivity index (χ4v) is 2.49. The van der Waals surface area contributed by atoms with Gasteiger partial charge in [-0.2, -0.15) is 0 Å². The van der Waals surface area contributed by atoms with Crippen molar-refractivity contribution in [3.05, 3.63) is 0 Å². The summed E-state index contributed by atoms with van der Waals surface area (Å²) in [4.78, 5) is 22.6. The number of carbonyl (C=O) groups excluding carboxylic acids is 2. The summed E-state index contributed by atoms with van der Waals surface area (Å²) in [7, 11) is 0. The Labute approximate surface area is 77.9 Å². The van der Waals surface area contributed by atoms with Crippen molar-refractivity contribution in [3.8, 4) is 0 Å². The van der Waals surface area contributed by atoms with Crippen LogP contribution in [-0.2, 0) is 9.59 Å². The van der Waals surface area contributed by atoms with Crippen molar-refractivity contribution < 1.29 is 9.59 Å². The third-order valence-electron chi connectivity index (χ3n) is 3.38. The van der Waals surface area contributed by atoms with E-state index >= 15 is 0 Å². The molecule has 2 rings (SSSR count). The molecule has 72 valence electrons. The van der Waals surface area contributed by atoms with Crippen molar-refractivity contribution in [2.75, 3.05) is 0 Å². The fourth-order valence-electron chi connectivity index (χ4n) is 2.49. The van der Waals surface area contributed by atoms with Crippen LogP contribution in [0.25, 0.3) is 0 Å². The largest absolute Gasteiger partial charge is 0.296 e. The molecule has 0 atom stereocenters. The lowest BCUT2D eigenvalue weighted by atomic mass is 9.69. The van der Waals surface area contributed by atoms with Gasteiger partial charge in [-0.05, 0) is 19.3 Å². The molecule has 1 heterocycles. The summed E-state index contributed by atoms with van der Waals surface area (Å²) in [5.74, 6) is -0.107. The van der Waals surface area contributed by atoms with Crippen molar-refractivity contribution >= 4 is 11.8 Å². The van der Waals surface area contributed by atoms with Gasteiger partial charge in [0.25, 0.3) is 0 Å². The van der Waals surface area contributed by atoms with Gasteiger partial charge in [0.05, 0.1) is 5.41 Å². The van der Waals surface area contributed by atoms with Crippen LogP contribution in [-0.4, -0.2) is 11.8 Å². The van der Waals surface area contributed by atoms with Crippen molar-refractivity contribution in [3.63, 3.8) is 0 Å². The van der Waals surface area contributed by atoms with E-state index in [0.717, 1.165) is 32.1 Å². The minimum atomic E-state index is -0.174. The standard InChI is InChI=1S/C10H15NO2/c12-8-4-7-10(9(13)11-8)5-2-1-3-6-10/h1-7H2,(H,11,12,13). The monoisotopic (exact) mass is 181 g/mol. The summed E-state index contributed by atoms with van der Waals surface area (Å²) in [6, 6.07) is 0. The first-order valence-electron chi connectivity index (χ1n) is 5.07. The van der Waals surface area contributed by atoms with Gasteiger partial charge < -0.3 is 0 Å². The van der Waals surface area contributed by atoms with Gasteiger partial charge in [-0.15, -0.1) is 0 Å². The molecule has 3 heteroatoms. The maximum Gasteiger partial charge on any atom is 0.232 e. The predicted octanol–water partition coefficient (Wildman–Crippen LogP) is 1.37. The van der Waals surface area contributed by atoms with Gasteiger partial charge in [-0.1, -0.05) is 19.3 Å². The summed E-state index contributed by atoms with van der Waals surface area (Å²) in [5, 5.41) is 2.46. The highest BCUT2D eigenvalue weighted by molar-refractivity contribution is 6.00. The van der Waals surface area contributed by atoms with E-state index in [1.54, 1.807) is 0 Å². The Morgan fingerprint density at radius 1 is 1.00 bits per heavy atom. The number of nitrogens with one attached hydrogen (secondary N) is 1. The Balaban J connectivity index is 2.12. The molecule has 1 saturated carbocycles. The topological polar surface area (TPSA) is 46.2 Å². The maximum atomic E-state index is 11.6. The molecule has 0 radical (unpaired) electrons. The lowest BCUT2D eigenvalue weighted by Gasteiger charge is -2.38. The van der Waals surface area contributed by atoms with E-state index in [1.165, 1.54) is 6.42 Å². The number of piperidine rings is 1. The molecular formula is C10H15NO2. The zero-order valence-electron chi connectivity index (χ0n) is 7.77. The number of hydrogen-bond acceptors (Lipinski definition) is 2. The summed E-state index contributed by atoms with van der Waals surface area (Å²) in [6.45, 7) is 0. The van der Waals surface area contributed by atoms with Gasteiger partial charge in [-0.3, -0.25) is 14.9 Å². The molecular weight excluding hydrogens is 166 g/mol. The minimum Gasteiger partial charge on any atom is -0.296 e. The van der Waals surface area contributed by atoms with Crippen LogP contribution in [0.5, 0.6) is 0 Å². The van der Waals surface area contributed by atoms with Gasteiger partial charge in [0.15, 0.2) is 0 Å². The lowest BCUT2D eigenvalue weighted by Crippen LogP contribution is -2.49. The van der Waals surface area contributed by atoms with Gasteiger partial charge >= 0.3 is 0 Å². The van der Waals surface area contributed by atoms with Crippen molar-refractivity contribution in [1.82, 2.24) is 5.32 Å². The molecule has 0 aromatic rings. The quantitative estimate of drug-likeness (QED) is 0.574. The molecule has 13 heavy (non-hydrogen) atoms. The lowest BCUT2D eigenvalue weighted by molar-refractivity contribution is -0.143. The molecule has 0 aromatic heterocycles. The second kappa shape index (κ2) is 3.13. The van der Waals surface area contributed by atoms with Crippen LogP contribution in [0.4, 0.5) is 0 Å². The Morgan fingerprint density at radius 3 is 2.31 bits per heavy atom. The first-order chi connectivity index (χ1) is 6.23. The SMILES string of the molecule is O=C1CCC2(CCCCC2)C(=O)N1. The molecule has 2 fully saturated rings. The number of amides is 2. The number of carbonyl (C=O) groups is 2. The van der Waals surface area contributed by atoms with Crippen molar-refractivity contribution in [1.29, 1.82) is 0 Å². The number of rotatable bonds is 0. The van der Waals surface area contributed by atoms with Crippen LogP contribution >= 0.6 is 0 Å². The molecule has 2 aliphatic rings. The molecule has 1 aliphatic carbocycles. The van der Waals surface area contributed by atoms with Gasteiger partial charge in [0.2, 0.25) is 11.8 Å². The summed E-state index contributed by atoms with van der Waals surface area (Å²) in [5.41, 5.74) is -0.174. The van der Waals surface area contributed by atoms with E-state index in [4.69, 9.17) is 0 Å². The van der Waals surface area contributed by atoms with Crippen molar-refractivity contribution in [2.45, 2.75) is 44.9 Å². The first-order valence-corrected chi connectivity index (χ1v) is 5.07. The number of hydrogen-bond donors (Lipinski definition) is 1. The Hall–Kier alpha value is -0.860. The highest BCUT2D eigenvalue weighted by Gasteiger charge is 2.42. The van der Waals surface area contributed by atoms with Crippen LogP contribution in [0.1, 0.15) is 44.9 Å². The van der Waals surface area contributed by atoms with Crippen LogP contribution in [0.15, 0.2) is 0 Å².